The Labute approximate surface area is 206 Å². The Balaban J connectivity index is 1.63. The summed E-state index contributed by atoms with van der Waals surface area (Å²) >= 11 is 1.52. The van der Waals surface area contributed by atoms with E-state index in [9.17, 15) is 9.90 Å². The van der Waals surface area contributed by atoms with Crippen molar-refractivity contribution in [2.75, 3.05) is 5.75 Å². The van der Waals surface area contributed by atoms with E-state index >= 15 is 0 Å². The second-order valence-electron chi connectivity index (χ2n) is 10.1. The number of hydrogen-bond donors (Lipinski definition) is 2. The van der Waals surface area contributed by atoms with E-state index in [1.54, 1.807) is 6.92 Å². The van der Waals surface area contributed by atoms with Crippen molar-refractivity contribution in [3.05, 3.63) is 59.7 Å². The number of ether oxygens (including phenoxy) is 1. The van der Waals surface area contributed by atoms with E-state index in [2.05, 4.69) is 81.2 Å². The summed E-state index contributed by atoms with van der Waals surface area (Å²) in [5.74, 6) is 1.13. The van der Waals surface area contributed by atoms with Gasteiger partial charge in [0, 0.05) is 23.3 Å². The van der Waals surface area contributed by atoms with Crippen LogP contribution in [0.2, 0.25) is 0 Å². The SMILES string of the molecule is CC(C)c1ccc(-c2nc(SC[C@H]3C[C@](C)(O)CC(=O)O3)[nH]c2-c2ccc(C(C)C)cc2)cc1. The number of benzene rings is 2. The lowest BCUT2D eigenvalue weighted by Crippen LogP contribution is -2.41. The van der Waals surface area contributed by atoms with Gasteiger partial charge in [-0.25, -0.2) is 4.98 Å². The van der Waals surface area contributed by atoms with Crippen molar-refractivity contribution in [3.8, 4) is 22.5 Å². The van der Waals surface area contributed by atoms with Gasteiger partial charge in [0.2, 0.25) is 0 Å². The molecule has 6 heteroatoms. The second-order valence-corrected chi connectivity index (χ2v) is 11.1. The Bertz CT molecular complexity index is 1060. The minimum absolute atomic E-state index is 0.0436. The third-order valence-corrected chi connectivity index (χ3v) is 7.30. The van der Waals surface area contributed by atoms with Crippen LogP contribution in [0.5, 0.6) is 0 Å². The van der Waals surface area contributed by atoms with Crippen LogP contribution in [0.3, 0.4) is 0 Å². The van der Waals surface area contributed by atoms with Crippen molar-refractivity contribution >= 4 is 17.7 Å². The number of cyclic esters (lactones) is 1. The normalized spacial score (nSPS) is 20.7. The third kappa shape index (κ3) is 5.73. The van der Waals surface area contributed by atoms with Gasteiger partial charge in [-0.3, -0.25) is 4.79 Å². The lowest BCUT2D eigenvalue weighted by Gasteiger charge is -2.32. The fourth-order valence-electron chi connectivity index (χ4n) is 4.31. The average molecular weight is 479 g/mol. The maximum absolute atomic E-state index is 11.9. The minimum atomic E-state index is -1.02. The highest BCUT2D eigenvalue weighted by Crippen LogP contribution is 2.35. The Kier molecular flexibility index (Phi) is 7.20. The van der Waals surface area contributed by atoms with Gasteiger partial charge in [-0.1, -0.05) is 88.0 Å². The van der Waals surface area contributed by atoms with Gasteiger partial charge in [-0.15, -0.1) is 0 Å². The molecule has 0 aliphatic carbocycles. The minimum Gasteiger partial charge on any atom is -0.461 e. The molecule has 4 rings (SSSR count). The van der Waals surface area contributed by atoms with Crippen LogP contribution in [0.15, 0.2) is 53.7 Å². The molecule has 2 aromatic carbocycles. The Morgan fingerprint density at radius 2 is 1.59 bits per heavy atom. The summed E-state index contributed by atoms with van der Waals surface area (Å²) in [5, 5.41) is 11.1. The summed E-state index contributed by atoms with van der Waals surface area (Å²) in [7, 11) is 0. The number of H-pyrrole nitrogens is 1. The molecule has 34 heavy (non-hydrogen) atoms. The number of nitrogens with one attached hydrogen (secondary N) is 1. The molecule has 2 N–H and O–H groups in total. The van der Waals surface area contributed by atoms with Crippen molar-refractivity contribution in [2.45, 2.75) is 76.2 Å². The molecule has 0 saturated carbocycles. The van der Waals surface area contributed by atoms with E-state index in [1.165, 1.54) is 22.9 Å². The van der Waals surface area contributed by atoms with E-state index in [0.29, 0.717) is 24.0 Å². The molecular formula is C28H34N2O3S. The molecule has 1 saturated heterocycles. The molecule has 1 aliphatic heterocycles. The fourth-order valence-corrected chi connectivity index (χ4v) is 5.17. The van der Waals surface area contributed by atoms with Crippen LogP contribution in [-0.4, -0.2) is 38.5 Å². The van der Waals surface area contributed by atoms with Gasteiger partial charge in [-0.05, 0) is 29.9 Å². The predicted molar refractivity (Wildman–Crippen MR) is 138 cm³/mol. The van der Waals surface area contributed by atoms with Gasteiger partial charge in [0.1, 0.15) is 6.10 Å². The van der Waals surface area contributed by atoms with E-state index in [-0.39, 0.29) is 18.5 Å². The summed E-state index contributed by atoms with van der Waals surface area (Å²) in [4.78, 5) is 20.3. The first-order chi connectivity index (χ1) is 16.1. The number of hydrogen-bond acceptors (Lipinski definition) is 5. The first-order valence-corrected chi connectivity index (χ1v) is 12.9. The number of aromatic nitrogens is 2. The highest BCUT2D eigenvalue weighted by molar-refractivity contribution is 7.99. The lowest BCUT2D eigenvalue weighted by atomic mass is 9.93. The zero-order chi connectivity index (χ0) is 24.5. The number of thioether (sulfide) groups is 1. The molecule has 5 nitrogen and oxygen atoms in total. The smallest absolute Gasteiger partial charge is 0.309 e. The number of carbonyl (C=O) groups is 1. The highest BCUT2D eigenvalue weighted by Gasteiger charge is 2.36. The van der Waals surface area contributed by atoms with Gasteiger partial charge in [-0.2, -0.15) is 0 Å². The molecule has 0 bridgehead atoms. The first kappa shape index (κ1) is 24.6. The van der Waals surface area contributed by atoms with Gasteiger partial charge >= 0.3 is 5.97 Å². The Morgan fingerprint density at radius 3 is 2.12 bits per heavy atom. The van der Waals surface area contributed by atoms with Crippen LogP contribution in [0, 0.1) is 0 Å². The van der Waals surface area contributed by atoms with Gasteiger partial charge in [0.05, 0.1) is 23.4 Å². The van der Waals surface area contributed by atoms with Crippen LogP contribution < -0.4 is 0 Å². The predicted octanol–water partition coefficient (Wildman–Crippen LogP) is 6.54. The van der Waals surface area contributed by atoms with E-state index in [1.807, 2.05) is 0 Å². The van der Waals surface area contributed by atoms with Crippen molar-refractivity contribution < 1.29 is 14.6 Å². The molecule has 2 heterocycles. The molecule has 0 unspecified atom stereocenters. The quantitative estimate of drug-likeness (QED) is 0.298. The number of carbonyl (C=O) groups excluding carboxylic acids is 1. The largest absolute Gasteiger partial charge is 0.461 e. The lowest BCUT2D eigenvalue weighted by molar-refractivity contribution is -0.165. The standard InChI is InChI=1S/C28H34N2O3S/c1-17(2)19-6-10-21(11-7-19)25-26(22-12-8-20(9-13-22)18(3)4)30-27(29-25)34-16-23-14-28(5,32)15-24(31)33-23/h6-13,17-18,23,32H,14-16H2,1-5H3,(H,29,30)/t23-,28+/m1/s1. The summed E-state index contributed by atoms with van der Waals surface area (Å²) in [6, 6.07) is 17.2. The summed E-state index contributed by atoms with van der Waals surface area (Å²) < 4.78 is 5.46. The Hall–Kier alpha value is -2.57. The topological polar surface area (TPSA) is 75.2 Å². The molecule has 1 fully saturated rings. The first-order valence-electron chi connectivity index (χ1n) is 12.0. The molecule has 2 atom stereocenters. The number of imidazole rings is 1. The zero-order valence-electron chi connectivity index (χ0n) is 20.6. The highest BCUT2D eigenvalue weighted by atomic mass is 32.2. The number of aliphatic hydroxyl groups is 1. The van der Waals surface area contributed by atoms with Gasteiger partial charge in [0.15, 0.2) is 5.16 Å². The fraction of sp³-hybridized carbons (Fsp3) is 0.429. The molecule has 0 amide bonds. The van der Waals surface area contributed by atoms with Crippen LogP contribution in [0.25, 0.3) is 22.5 Å². The van der Waals surface area contributed by atoms with E-state index < -0.39 is 5.60 Å². The van der Waals surface area contributed by atoms with Crippen LogP contribution >= 0.6 is 11.8 Å². The van der Waals surface area contributed by atoms with Gasteiger partial charge < -0.3 is 14.8 Å². The summed E-state index contributed by atoms with van der Waals surface area (Å²) in [6.45, 7) is 10.5. The maximum Gasteiger partial charge on any atom is 0.309 e. The van der Waals surface area contributed by atoms with Crippen molar-refractivity contribution in [1.82, 2.24) is 9.97 Å². The molecule has 1 aromatic heterocycles. The van der Waals surface area contributed by atoms with E-state index in [4.69, 9.17) is 9.72 Å². The monoisotopic (exact) mass is 478 g/mol. The van der Waals surface area contributed by atoms with E-state index in [0.717, 1.165) is 27.7 Å². The second kappa shape index (κ2) is 9.96. The molecule has 0 spiro atoms. The molecule has 180 valence electrons. The van der Waals surface area contributed by atoms with Crippen LogP contribution in [-0.2, 0) is 9.53 Å². The number of esters is 1. The van der Waals surface area contributed by atoms with Crippen LogP contribution in [0.1, 0.15) is 70.4 Å². The number of aromatic amines is 1. The number of rotatable bonds is 7. The van der Waals surface area contributed by atoms with Crippen molar-refractivity contribution in [3.63, 3.8) is 0 Å². The third-order valence-electron chi connectivity index (χ3n) is 6.30. The molecule has 0 radical (unpaired) electrons. The van der Waals surface area contributed by atoms with Crippen LogP contribution in [0.4, 0.5) is 0 Å². The maximum atomic E-state index is 11.9. The summed E-state index contributed by atoms with van der Waals surface area (Å²) in [5.41, 5.74) is 5.59. The summed E-state index contributed by atoms with van der Waals surface area (Å²) in [6.07, 6.45) is 0.135. The zero-order valence-corrected chi connectivity index (χ0v) is 21.4. The molecular weight excluding hydrogens is 444 g/mol. The van der Waals surface area contributed by atoms with Crippen molar-refractivity contribution in [1.29, 1.82) is 0 Å². The number of nitrogens with zero attached hydrogens (tertiary/aromatic N) is 1. The molecule has 3 aromatic rings. The van der Waals surface area contributed by atoms with Gasteiger partial charge in [0.25, 0.3) is 0 Å². The van der Waals surface area contributed by atoms with Crippen molar-refractivity contribution in [2.24, 2.45) is 0 Å². The molecule has 1 aliphatic rings. The Morgan fingerprint density at radius 1 is 1.03 bits per heavy atom. The average Bonchev–Trinajstić information content (AvgIpc) is 3.21.